The normalized spacial score (nSPS) is 11.2. The molecule has 2 nitrogen and oxygen atoms in total. The molecule has 0 aliphatic heterocycles. The van der Waals surface area contributed by atoms with E-state index in [0.717, 1.165) is 23.5 Å². The van der Waals surface area contributed by atoms with Crippen molar-refractivity contribution in [2.24, 2.45) is 7.05 Å². The van der Waals surface area contributed by atoms with Gasteiger partial charge in [0, 0.05) is 18.8 Å². The Morgan fingerprint density at radius 1 is 1.13 bits per heavy atom. The number of rotatable bonds is 4. The van der Waals surface area contributed by atoms with Gasteiger partial charge in [-0.2, -0.15) is 0 Å². The lowest BCUT2D eigenvalue weighted by Gasteiger charge is -2.12. The third-order valence-corrected chi connectivity index (χ3v) is 4.22. The Labute approximate surface area is 138 Å². The molecule has 0 saturated heterocycles. The van der Waals surface area contributed by atoms with Gasteiger partial charge >= 0.3 is 0 Å². The average Bonchev–Trinajstić information content (AvgIpc) is 2.87. The first kappa shape index (κ1) is 15.5. The molecule has 0 amide bonds. The SMILES string of the molecule is Cc1cn(C)c(-c2ccc(Cc3cc[c]cc3C(C)C)cc2)n1. The number of benzene rings is 2. The third-order valence-electron chi connectivity index (χ3n) is 4.22. The average molecular weight is 303 g/mol. The molecule has 0 spiro atoms. The molecular weight excluding hydrogens is 280 g/mol. The monoisotopic (exact) mass is 303 g/mol. The number of hydrogen-bond acceptors (Lipinski definition) is 1. The molecule has 3 rings (SSSR count). The number of hydrogen-bond donors (Lipinski definition) is 0. The standard InChI is InChI=1S/C21H23N2/c1-15(2)20-8-6-5-7-19(20)13-17-9-11-18(12-10-17)21-22-16(3)14-23(21)4/h5,7-12,14-15H,13H2,1-4H3. The minimum atomic E-state index is 0.525. The molecule has 2 heteroatoms. The summed E-state index contributed by atoms with van der Waals surface area (Å²) in [5, 5.41) is 0. The van der Waals surface area contributed by atoms with Gasteiger partial charge in [0.2, 0.25) is 0 Å². The van der Waals surface area contributed by atoms with Crippen LogP contribution < -0.4 is 0 Å². The maximum atomic E-state index is 4.59. The summed E-state index contributed by atoms with van der Waals surface area (Å²) < 4.78 is 2.08. The second-order valence-corrected chi connectivity index (χ2v) is 6.47. The highest BCUT2D eigenvalue weighted by molar-refractivity contribution is 5.56. The number of imidazole rings is 1. The third kappa shape index (κ3) is 3.37. The van der Waals surface area contributed by atoms with Crippen LogP contribution in [0.4, 0.5) is 0 Å². The predicted octanol–water partition coefficient (Wildman–Crippen LogP) is 4.91. The lowest BCUT2D eigenvalue weighted by atomic mass is 9.93. The van der Waals surface area contributed by atoms with Crippen molar-refractivity contribution in [3.05, 3.63) is 77.1 Å². The minimum absolute atomic E-state index is 0.525. The molecule has 0 N–H and O–H groups in total. The molecule has 0 unspecified atom stereocenters. The summed E-state index contributed by atoms with van der Waals surface area (Å²) in [4.78, 5) is 4.59. The van der Waals surface area contributed by atoms with Gasteiger partial charge in [0.05, 0.1) is 5.69 Å². The van der Waals surface area contributed by atoms with Crippen LogP contribution >= 0.6 is 0 Å². The van der Waals surface area contributed by atoms with Crippen molar-refractivity contribution in [2.45, 2.75) is 33.1 Å². The van der Waals surface area contributed by atoms with E-state index in [0.29, 0.717) is 5.92 Å². The van der Waals surface area contributed by atoms with Crippen molar-refractivity contribution in [1.82, 2.24) is 9.55 Å². The fourth-order valence-corrected chi connectivity index (χ4v) is 3.05. The summed E-state index contributed by atoms with van der Waals surface area (Å²) in [5.74, 6) is 1.54. The Balaban J connectivity index is 1.85. The topological polar surface area (TPSA) is 17.8 Å². The van der Waals surface area contributed by atoms with Crippen LogP contribution in [-0.2, 0) is 13.5 Å². The van der Waals surface area contributed by atoms with Crippen LogP contribution in [0.25, 0.3) is 11.4 Å². The first-order chi connectivity index (χ1) is 11.0. The highest BCUT2D eigenvalue weighted by atomic mass is 15.0. The molecule has 2 aromatic carbocycles. The van der Waals surface area contributed by atoms with Crippen molar-refractivity contribution in [2.75, 3.05) is 0 Å². The first-order valence-corrected chi connectivity index (χ1v) is 8.12. The van der Waals surface area contributed by atoms with E-state index in [1.165, 1.54) is 16.7 Å². The number of aromatic nitrogens is 2. The first-order valence-electron chi connectivity index (χ1n) is 8.12. The number of nitrogens with zero attached hydrogens (tertiary/aromatic N) is 2. The minimum Gasteiger partial charge on any atom is -0.334 e. The number of aryl methyl sites for hydroxylation is 2. The Hall–Kier alpha value is -2.35. The fourth-order valence-electron chi connectivity index (χ4n) is 3.05. The molecular formula is C21H23N2. The van der Waals surface area contributed by atoms with E-state index in [9.17, 15) is 0 Å². The van der Waals surface area contributed by atoms with Gasteiger partial charge in [-0.05, 0) is 42.0 Å². The van der Waals surface area contributed by atoms with Gasteiger partial charge in [0.25, 0.3) is 0 Å². The molecule has 0 bridgehead atoms. The summed E-state index contributed by atoms with van der Waals surface area (Å²) in [7, 11) is 2.04. The smallest absolute Gasteiger partial charge is 0.139 e. The van der Waals surface area contributed by atoms with Gasteiger partial charge in [0.15, 0.2) is 0 Å². The van der Waals surface area contributed by atoms with Crippen LogP contribution in [0.3, 0.4) is 0 Å². The molecule has 0 atom stereocenters. The van der Waals surface area contributed by atoms with E-state index in [1.54, 1.807) is 0 Å². The Morgan fingerprint density at radius 3 is 2.48 bits per heavy atom. The highest BCUT2D eigenvalue weighted by Crippen LogP contribution is 2.23. The fraction of sp³-hybridized carbons (Fsp3) is 0.286. The summed E-state index contributed by atoms with van der Waals surface area (Å²) >= 11 is 0. The van der Waals surface area contributed by atoms with Crippen LogP contribution in [0.2, 0.25) is 0 Å². The van der Waals surface area contributed by atoms with E-state index in [1.807, 2.05) is 20.0 Å². The van der Waals surface area contributed by atoms with Crippen molar-refractivity contribution < 1.29 is 0 Å². The maximum absolute atomic E-state index is 4.59. The van der Waals surface area contributed by atoms with Crippen molar-refractivity contribution >= 4 is 0 Å². The zero-order valence-corrected chi connectivity index (χ0v) is 14.3. The van der Waals surface area contributed by atoms with Gasteiger partial charge in [-0.15, -0.1) is 0 Å². The molecule has 0 fully saturated rings. The van der Waals surface area contributed by atoms with Crippen LogP contribution in [0.1, 0.15) is 42.1 Å². The van der Waals surface area contributed by atoms with E-state index >= 15 is 0 Å². The molecule has 117 valence electrons. The van der Waals surface area contributed by atoms with Crippen molar-refractivity contribution in [1.29, 1.82) is 0 Å². The van der Waals surface area contributed by atoms with Gasteiger partial charge in [-0.3, -0.25) is 0 Å². The van der Waals surface area contributed by atoms with E-state index < -0.39 is 0 Å². The van der Waals surface area contributed by atoms with Crippen molar-refractivity contribution in [3.8, 4) is 11.4 Å². The van der Waals surface area contributed by atoms with Crippen LogP contribution in [0.15, 0.2) is 48.7 Å². The molecule has 0 aliphatic rings. The van der Waals surface area contributed by atoms with Crippen LogP contribution in [-0.4, -0.2) is 9.55 Å². The molecule has 0 aliphatic carbocycles. The molecule has 1 heterocycles. The highest BCUT2D eigenvalue weighted by Gasteiger charge is 2.08. The van der Waals surface area contributed by atoms with E-state index in [4.69, 9.17) is 0 Å². The Kier molecular flexibility index (Phi) is 4.33. The molecule has 23 heavy (non-hydrogen) atoms. The lowest BCUT2D eigenvalue weighted by molar-refractivity contribution is 0.848. The second kappa shape index (κ2) is 6.41. The van der Waals surface area contributed by atoms with Gasteiger partial charge in [0.1, 0.15) is 5.82 Å². The summed E-state index contributed by atoms with van der Waals surface area (Å²) in [5.41, 5.74) is 6.31. The van der Waals surface area contributed by atoms with Gasteiger partial charge < -0.3 is 4.57 Å². The van der Waals surface area contributed by atoms with Gasteiger partial charge in [-0.1, -0.05) is 56.3 Å². The molecule has 1 aromatic heterocycles. The van der Waals surface area contributed by atoms with Crippen molar-refractivity contribution in [3.63, 3.8) is 0 Å². The Morgan fingerprint density at radius 2 is 1.87 bits per heavy atom. The molecule has 1 radical (unpaired) electrons. The Bertz CT molecular complexity index is 795. The lowest BCUT2D eigenvalue weighted by Crippen LogP contribution is -1.98. The zero-order chi connectivity index (χ0) is 16.4. The van der Waals surface area contributed by atoms with E-state index in [2.05, 4.69) is 72.1 Å². The predicted molar refractivity (Wildman–Crippen MR) is 95.6 cm³/mol. The second-order valence-electron chi connectivity index (χ2n) is 6.47. The molecule has 3 aromatic rings. The van der Waals surface area contributed by atoms with Crippen LogP contribution in [0.5, 0.6) is 0 Å². The van der Waals surface area contributed by atoms with Crippen LogP contribution in [0, 0.1) is 13.0 Å². The molecule has 0 saturated carbocycles. The summed E-state index contributed by atoms with van der Waals surface area (Å²) in [6.07, 6.45) is 3.01. The largest absolute Gasteiger partial charge is 0.334 e. The quantitative estimate of drug-likeness (QED) is 0.669. The summed E-state index contributed by atoms with van der Waals surface area (Å²) in [6, 6.07) is 18.3. The maximum Gasteiger partial charge on any atom is 0.139 e. The van der Waals surface area contributed by atoms with E-state index in [-0.39, 0.29) is 0 Å². The van der Waals surface area contributed by atoms with Gasteiger partial charge in [-0.25, -0.2) is 4.98 Å². The summed E-state index contributed by atoms with van der Waals surface area (Å²) in [6.45, 7) is 6.50. The zero-order valence-electron chi connectivity index (χ0n) is 14.3.